The largest absolute Gasteiger partial charge is 0.514 e. The van der Waals surface area contributed by atoms with Gasteiger partial charge in [-0.2, -0.15) is 0 Å². The molecule has 713 valence electrons. The number of carbonyl (C=O) groups is 6. The molecule has 32 nitrogen and oxygen atoms in total. The molecule has 1 atom stereocenters. The van der Waals surface area contributed by atoms with Crippen LogP contribution in [0.4, 0.5) is 26.7 Å². The fourth-order valence-corrected chi connectivity index (χ4v) is 18.6. The minimum absolute atomic E-state index is 0.00925. The van der Waals surface area contributed by atoms with E-state index in [9.17, 15) is 59.1 Å². The number of carbonyl (C=O) groups excluding carboxylic acids is 5. The number of amides is 3. The molecule has 2 aliphatic carbocycles. The van der Waals surface area contributed by atoms with Crippen molar-refractivity contribution in [2.75, 3.05) is 47.6 Å². The Morgan fingerprint density at radius 1 is 0.578 bits per heavy atom. The fourth-order valence-electron chi connectivity index (χ4n) is 15.6. The summed E-state index contributed by atoms with van der Waals surface area (Å²) in [6.07, 6.45) is 13.2. The number of pyridine rings is 2. The third-order valence-electron chi connectivity index (χ3n) is 22.1. The van der Waals surface area contributed by atoms with Crippen molar-refractivity contribution in [3.63, 3.8) is 0 Å². The first-order valence-corrected chi connectivity index (χ1v) is 47.0. The molecule has 3 amide bonds. The molecule has 37 heteroatoms. The number of ether oxygens (including phenoxy) is 8. The quantitative estimate of drug-likeness (QED) is 0.00912. The van der Waals surface area contributed by atoms with Crippen LogP contribution in [0.1, 0.15) is 179 Å². The molecule has 2 saturated carbocycles. The normalized spacial score (nSPS) is 14.6. The van der Waals surface area contributed by atoms with Crippen LogP contribution in [0.2, 0.25) is 10.0 Å². The second-order valence-corrected chi connectivity index (χ2v) is 35.7. The molecule has 2 aliphatic rings. The minimum atomic E-state index is -1.17. The fraction of sp³-hybridized carbons (Fsp3) is 0.367. The van der Waals surface area contributed by atoms with Crippen LogP contribution in [0.5, 0.6) is 28.7 Å². The van der Waals surface area contributed by atoms with Gasteiger partial charge in [0, 0.05) is 114 Å². The van der Waals surface area contributed by atoms with Crippen molar-refractivity contribution in [2.45, 2.75) is 187 Å². The Bertz CT molecular complexity index is 5880. The van der Waals surface area contributed by atoms with Gasteiger partial charge in [-0.3, -0.25) is 59.5 Å². The molecular weight excluding hydrogens is 1860 g/mol. The molecule has 135 heavy (non-hydrogen) atoms. The first kappa shape index (κ1) is 105. The van der Waals surface area contributed by atoms with Gasteiger partial charge in [0.25, 0.3) is 28.9 Å². The third-order valence-corrected chi connectivity index (χ3v) is 25.7. The van der Waals surface area contributed by atoms with Gasteiger partial charge in [0.1, 0.15) is 33.8 Å². The van der Waals surface area contributed by atoms with Gasteiger partial charge in [0.05, 0.1) is 75.5 Å². The number of nitrogens with one attached hydrogen (secondary N) is 1. The maximum Gasteiger partial charge on any atom is 0.514 e. The number of esters is 1. The first-order chi connectivity index (χ1) is 64.9. The second-order valence-electron chi connectivity index (χ2n) is 32.6. The van der Waals surface area contributed by atoms with Crippen LogP contribution < -0.4 is 29.0 Å². The molecule has 4 aromatic heterocycles. The number of fused-ring (bicyclic) bond motifs is 2. The van der Waals surface area contributed by atoms with Gasteiger partial charge < -0.3 is 63.0 Å². The van der Waals surface area contributed by atoms with E-state index in [0.29, 0.717) is 84.0 Å². The number of halogens is 2. The number of methoxy groups -OCH3 is 2. The van der Waals surface area contributed by atoms with Crippen molar-refractivity contribution >= 4 is 119 Å². The molecule has 13 rings (SSSR count). The number of benzene rings is 7. The minimum Gasteiger partial charge on any atom is -0.493 e. The molecule has 2 N–H and O–H groups in total. The summed E-state index contributed by atoms with van der Waals surface area (Å²) < 4.78 is 48.2. The van der Waals surface area contributed by atoms with Gasteiger partial charge in [-0.15, -0.1) is 22.7 Å². The number of aliphatic carboxylic acids is 1. The first-order valence-electron chi connectivity index (χ1n) is 44.0. The Balaban J connectivity index is 0.000000214. The molecule has 11 aromatic rings. The molecule has 1 unspecified atom stereocenters. The number of nitro benzene ring substituents is 3. The van der Waals surface area contributed by atoms with Crippen molar-refractivity contribution < 1.29 is 109 Å². The molecule has 2 fully saturated rings. The number of nitrogens with zero attached hydrogens (tertiary/aromatic N) is 9. The number of non-ortho nitro benzene ring substituents is 1. The maximum atomic E-state index is 14.5. The number of hydrogen-bond donors (Lipinski definition) is 2. The van der Waals surface area contributed by atoms with Crippen LogP contribution in [0, 0.1) is 30.3 Å². The monoisotopic (exact) mass is 1960 g/mol. The number of hydrogen-bond acceptors (Lipinski definition) is 27. The average Bonchev–Trinajstić information content (AvgIpc) is 1.65. The summed E-state index contributed by atoms with van der Waals surface area (Å²) in [5, 5.41) is 49.9. The number of carboxylic acids is 1. The van der Waals surface area contributed by atoms with Gasteiger partial charge >= 0.3 is 57.3 Å². The maximum absolute atomic E-state index is 14.5. The summed E-state index contributed by atoms with van der Waals surface area (Å²) in [4.78, 5) is 129. The van der Waals surface area contributed by atoms with E-state index in [4.69, 9.17) is 66.2 Å². The van der Waals surface area contributed by atoms with Gasteiger partial charge in [0.2, 0.25) is 0 Å². The van der Waals surface area contributed by atoms with Crippen LogP contribution in [-0.2, 0) is 65.6 Å². The summed E-state index contributed by atoms with van der Waals surface area (Å²) in [5.41, 5.74) is 5.03. The summed E-state index contributed by atoms with van der Waals surface area (Å²) in [5.74, 6) is -0.976. The van der Waals surface area contributed by atoms with Gasteiger partial charge in [-0.25, -0.2) is 9.59 Å². The van der Waals surface area contributed by atoms with Crippen LogP contribution in [0.3, 0.4) is 0 Å². The number of carboxylic acid groups (broad SMARTS) is 1. The predicted octanol–water partition coefficient (Wildman–Crippen LogP) is 22.9. The van der Waals surface area contributed by atoms with Crippen molar-refractivity contribution in [3.05, 3.63) is 267 Å². The number of aromatic nitrogens is 2. The molecule has 0 spiro atoms. The third kappa shape index (κ3) is 30.2. The van der Waals surface area contributed by atoms with E-state index in [0.717, 1.165) is 110 Å². The molecule has 0 radical (unpaired) electrons. The Hall–Kier alpha value is -12.5. The van der Waals surface area contributed by atoms with E-state index >= 15 is 0 Å². The Morgan fingerprint density at radius 3 is 1.50 bits per heavy atom. The molecular formula is C98H108Cl2N10O22S2V. The van der Waals surface area contributed by atoms with E-state index in [1.807, 2.05) is 132 Å². The molecule has 4 heterocycles. The Morgan fingerprint density at radius 2 is 1.05 bits per heavy atom. The van der Waals surface area contributed by atoms with E-state index in [2.05, 4.69) is 66.2 Å². The van der Waals surface area contributed by atoms with Crippen molar-refractivity contribution in [1.82, 2.24) is 30.0 Å². The van der Waals surface area contributed by atoms with Gasteiger partial charge in [-0.05, 0) is 217 Å². The molecule has 0 bridgehead atoms. The van der Waals surface area contributed by atoms with Gasteiger partial charge in [0.15, 0.2) is 23.0 Å². The zero-order chi connectivity index (χ0) is 97.3. The van der Waals surface area contributed by atoms with Crippen LogP contribution >= 0.6 is 45.9 Å². The van der Waals surface area contributed by atoms with E-state index in [1.165, 1.54) is 81.3 Å². The molecule has 7 aromatic carbocycles. The zero-order valence-electron chi connectivity index (χ0n) is 76.3. The molecule has 0 saturated heterocycles. The second kappa shape index (κ2) is 51.8. The van der Waals surface area contributed by atoms with E-state index < -0.39 is 56.3 Å². The standard InChI is InChI=1S/C43H45ClN4O9S.C30H32ClN3OS.C24H28N2O11.CH3NO.V/c1-3-21-46(43(52)57-27-31-24-36(55-2)37(25-35(31)48(53)54)56-22-7-12-39(49)50)32-13-15-33(16-14-32)47(42(51)41-40(44)34-10-4-5-11-38(34)58-41)26-28-8-6-9-30(23-28)29-17-19-45-20-18-29;1-2-16-33-24-10-12-25(13-11-24)34(30(35)29-28(31)26-8-3-4-9-27(26)36-29)20-21-6-5-7-23(19-21)22-14-17-32-18-15-22;1-15(35-23(28)36-17-10-8-16(9-11-17)25(29)30)18-13-20(33-5)21(14-19(18)26(31)32)34-12-6-7-22(27)37-24(2,3)4;1-3-2;/h4-6,8-11,17-20,23-25,32-33H,3,7,12-16,21-22,26-27H2,1-2H3,(H,49,50);3-9,14-15,17-19,24-25,33H,2,10-13,16,20H2,1H3;8-11,13-15H,6-7,12H2,1-5H3;1H3;. The summed E-state index contributed by atoms with van der Waals surface area (Å²) in [7, 11) is 4.22. The van der Waals surface area contributed by atoms with E-state index in [-0.39, 0.29) is 120 Å². The van der Waals surface area contributed by atoms with Crippen LogP contribution in [0.15, 0.2) is 199 Å². The summed E-state index contributed by atoms with van der Waals surface area (Å²) in [6.45, 7) is 13.0. The Labute approximate surface area is 809 Å². The average molecular weight is 1960 g/mol. The predicted molar refractivity (Wildman–Crippen MR) is 511 cm³/mol. The van der Waals surface area contributed by atoms with Crippen molar-refractivity contribution in [1.29, 1.82) is 0 Å². The number of nitro groups is 3. The van der Waals surface area contributed by atoms with Crippen LogP contribution in [-0.4, -0.2) is 158 Å². The topological polar surface area (TPSA) is 395 Å². The summed E-state index contributed by atoms with van der Waals surface area (Å²) in [6, 6.07) is 50.5. The Kier molecular flexibility index (Phi) is 40.1. The smallest absolute Gasteiger partial charge is 0.493 e. The van der Waals surface area contributed by atoms with Crippen LogP contribution in [0.25, 0.3) is 42.4 Å². The molecule has 0 aliphatic heterocycles. The van der Waals surface area contributed by atoms with Gasteiger partial charge in [-0.1, -0.05) is 110 Å². The number of rotatable bonds is 37. The van der Waals surface area contributed by atoms with Crippen molar-refractivity contribution in [2.24, 2.45) is 3.95 Å². The van der Waals surface area contributed by atoms with E-state index in [1.54, 1.807) is 38.1 Å². The van der Waals surface area contributed by atoms with Crippen molar-refractivity contribution in [3.8, 4) is 51.0 Å². The zero-order valence-corrected chi connectivity index (χ0v) is 80.8. The number of thiophene rings is 2. The summed E-state index contributed by atoms with van der Waals surface area (Å²) >= 11 is 18.5. The SMILES string of the molecule is CCCN(C(=O)OCc1cc(OC)c(OCCCC(=O)O)cc1[N+](=O)[O-])C1CCC(N(Cc2cccc(-c3ccncc3)c2)C(=O)c2sc3ccccc3c2Cl)CC1.CCCNC1CCC(N(Cc2cccc(-c3ccncc3)c2)C(=O)c2sc3ccccc3c2Cl)CC1.CO[N]=[V].COc1cc(C(C)OC(=O)Oc2ccc([N+](=O)[O-])cc2)c([N+](=O)[O-])cc1OCCCC(=O)OC(C)(C)C.